The van der Waals surface area contributed by atoms with Gasteiger partial charge in [-0.05, 0) is 37.0 Å². The molecule has 0 saturated heterocycles. The van der Waals surface area contributed by atoms with Crippen LogP contribution in [0.3, 0.4) is 0 Å². The molecule has 5 heteroatoms. The minimum Gasteiger partial charge on any atom is -0.398 e. The van der Waals surface area contributed by atoms with Gasteiger partial charge in [-0.15, -0.1) is 0 Å². The van der Waals surface area contributed by atoms with Crippen LogP contribution in [0.2, 0.25) is 0 Å². The van der Waals surface area contributed by atoms with Crippen molar-refractivity contribution in [2.24, 2.45) is 5.92 Å². The fourth-order valence-corrected chi connectivity index (χ4v) is 4.43. The third kappa shape index (κ3) is 3.77. The summed E-state index contributed by atoms with van der Waals surface area (Å²) in [5.74, 6) is 0.381. The van der Waals surface area contributed by atoms with Gasteiger partial charge in [0.05, 0.1) is 5.69 Å². The third-order valence-electron chi connectivity index (χ3n) is 4.27. The maximum Gasteiger partial charge on any atom is 0.245 e. The Labute approximate surface area is 129 Å². The first-order valence-electron chi connectivity index (χ1n) is 7.65. The average Bonchev–Trinajstić information content (AvgIpc) is 2.44. The Hall–Kier alpha value is -1.07. The van der Waals surface area contributed by atoms with Crippen molar-refractivity contribution in [3.63, 3.8) is 0 Å². The van der Waals surface area contributed by atoms with Gasteiger partial charge in [0.25, 0.3) is 0 Å². The van der Waals surface area contributed by atoms with E-state index in [-0.39, 0.29) is 4.90 Å². The topological polar surface area (TPSA) is 63.4 Å². The quantitative estimate of drug-likeness (QED) is 0.785. The van der Waals surface area contributed by atoms with E-state index in [1.807, 2.05) is 26.8 Å². The van der Waals surface area contributed by atoms with E-state index in [0.29, 0.717) is 24.7 Å². The molecule has 0 bridgehead atoms. The Kier molecular flexibility index (Phi) is 6.23. The Morgan fingerprint density at radius 1 is 1.14 bits per heavy atom. The van der Waals surface area contributed by atoms with Crippen molar-refractivity contribution in [1.82, 2.24) is 4.31 Å². The van der Waals surface area contributed by atoms with Gasteiger partial charge in [0.15, 0.2) is 0 Å². The summed E-state index contributed by atoms with van der Waals surface area (Å²) in [5.41, 5.74) is 7.99. The summed E-state index contributed by atoms with van der Waals surface area (Å²) < 4.78 is 27.5. The molecule has 0 heterocycles. The van der Waals surface area contributed by atoms with E-state index in [0.717, 1.165) is 24.0 Å². The van der Waals surface area contributed by atoms with E-state index < -0.39 is 10.0 Å². The molecule has 0 aromatic heterocycles. The van der Waals surface area contributed by atoms with Crippen LogP contribution in [-0.4, -0.2) is 25.8 Å². The Morgan fingerprint density at radius 3 is 2.19 bits per heavy atom. The number of rotatable bonds is 7. The highest BCUT2D eigenvalue weighted by atomic mass is 32.2. The SMILES string of the molecule is CCC(CC)CN(CC)S(=O)(=O)c1c(N)ccc(C)c1C. The number of nitrogen functional groups attached to an aromatic ring is 1. The third-order valence-corrected chi connectivity index (χ3v) is 6.42. The lowest BCUT2D eigenvalue weighted by atomic mass is 10.0. The zero-order valence-corrected chi connectivity index (χ0v) is 14.6. The Balaban J connectivity index is 3.29. The number of sulfonamides is 1. The van der Waals surface area contributed by atoms with Crippen molar-refractivity contribution >= 4 is 15.7 Å². The summed E-state index contributed by atoms with van der Waals surface area (Å²) in [6.45, 7) is 10.8. The van der Waals surface area contributed by atoms with Gasteiger partial charge in [0.1, 0.15) is 4.90 Å². The lowest BCUT2D eigenvalue weighted by molar-refractivity contribution is 0.339. The minimum absolute atomic E-state index is 0.273. The molecule has 0 aliphatic heterocycles. The molecule has 0 amide bonds. The van der Waals surface area contributed by atoms with Crippen molar-refractivity contribution in [3.8, 4) is 0 Å². The van der Waals surface area contributed by atoms with Crippen molar-refractivity contribution in [2.45, 2.75) is 52.4 Å². The Bertz CT molecular complexity index is 578. The minimum atomic E-state index is -3.54. The van der Waals surface area contributed by atoms with Crippen molar-refractivity contribution < 1.29 is 8.42 Å². The molecule has 21 heavy (non-hydrogen) atoms. The molecule has 1 aromatic carbocycles. The van der Waals surface area contributed by atoms with E-state index >= 15 is 0 Å². The van der Waals surface area contributed by atoms with Gasteiger partial charge >= 0.3 is 0 Å². The number of anilines is 1. The molecule has 0 unspecified atom stereocenters. The molecule has 0 saturated carbocycles. The van der Waals surface area contributed by atoms with E-state index in [1.165, 1.54) is 0 Å². The number of aryl methyl sites for hydroxylation is 1. The van der Waals surface area contributed by atoms with Gasteiger partial charge in [-0.2, -0.15) is 4.31 Å². The normalized spacial score (nSPS) is 12.3. The summed E-state index contributed by atoms with van der Waals surface area (Å²) >= 11 is 0. The van der Waals surface area contributed by atoms with Crippen LogP contribution in [0.25, 0.3) is 0 Å². The largest absolute Gasteiger partial charge is 0.398 e. The molecule has 4 nitrogen and oxygen atoms in total. The highest BCUT2D eigenvalue weighted by molar-refractivity contribution is 7.89. The zero-order chi connectivity index (χ0) is 16.2. The van der Waals surface area contributed by atoms with E-state index in [4.69, 9.17) is 5.73 Å². The molecule has 0 aliphatic rings. The molecule has 0 fully saturated rings. The van der Waals surface area contributed by atoms with Crippen LogP contribution < -0.4 is 5.73 Å². The highest BCUT2D eigenvalue weighted by Gasteiger charge is 2.28. The molecule has 0 spiro atoms. The second-order valence-corrected chi connectivity index (χ2v) is 7.44. The van der Waals surface area contributed by atoms with E-state index in [1.54, 1.807) is 10.4 Å². The lowest BCUT2D eigenvalue weighted by Crippen LogP contribution is -2.36. The number of nitrogens with two attached hydrogens (primary N) is 1. The first-order valence-corrected chi connectivity index (χ1v) is 9.09. The molecule has 120 valence electrons. The summed E-state index contributed by atoms with van der Waals surface area (Å²) in [5, 5.41) is 0. The monoisotopic (exact) mass is 312 g/mol. The van der Waals surface area contributed by atoms with Gasteiger partial charge in [-0.25, -0.2) is 8.42 Å². The fraction of sp³-hybridized carbons (Fsp3) is 0.625. The molecule has 0 aliphatic carbocycles. The van der Waals surface area contributed by atoms with Crippen LogP contribution in [0, 0.1) is 19.8 Å². The molecule has 1 aromatic rings. The second-order valence-electron chi connectivity index (χ2n) is 5.56. The molecule has 0 radical (unpaired) electrons. The average molecular weight is 312 g/mol. The number of hydrogen-bond donors (Lipinski definition) is 1. The molecular formula is C16H28N2O2S. The standard InChI is InChI=1S/C16H28N2O2S/c1-6-14(7-2)11-18(8-3)21(19,20)16-13(5)12(4)9-10-15(16)17/h9-10,14H,6-8,11,17H2,1-5H3. The smallest absolute Gasteiger partial charge is 0.245 e. The molecule has 1 rings (SSSR count). The van der Waals surface area contributed by atoms with Crippen LogP contribution >= 0.6 is 0 Å². The fourth-order valence-electron chi connectivity index (χ4n) is 2.51. The first-order chi connectivity index (χ1) is 9.79. The van der Waals surface area contributed by atoms with Crippen molar-refractivity contribution in [2.75, 3.05) is 18.8 Å². The summed E-state index contributed by atoms with van der Waals surface area (Å²) in [6.07, 6.45) is 1.95. The van der Waals surface area contributed by atoms with Gasteiger partial charge in [0.2, 0.25) is 10.0 Å². The summed E-state index contributed by atoms with van der Waals surface area (Å²) in [7, 11) is -3.54. The van der Waals surface area contributed by atoms with Crippen LogP contribution in [-0.2, 0) is 10.0 Å². The van der Waals surface area contributed by atoms with Crippen LogP contribution in [0.1, 0.15) is 44.7 Å². The summed E-state index contributed by atoms with van der Waals surface area (Å²) in [4.78, 5) is 0.273. The predicted octanol–water partition coefficient (Wildman–Crippen LogP) is 3.33. The molecular weight excluding hydrogens is 284 g/mol. The first kappa shape index (κ1) is 18.0. The predicted molar refractivity (Wildman–Crippen MR) is 88.8 cm³/mol. The van der Waals surface area contributed by atoms with Crippen molar-refractivity contribution in [3.05, 3.63) is 23.3 Å². The van der Waals surface area contributed by atoms with Crippen LogP contribution in [0.5, 0.6) is 0 Å². The zero-order valence-electron chi connectivity index (χ0n) is 13.8. The van der Waals surface area contributed by atoms with Crippen molar-refractivity contribution in [1.29, 1.82) is 0 Å². The highest BCUT2D eigenvalue weighted by Crippen LogP contribution is 2.29. The maximum absolute atomic E-state index is 13.0. The number of hydrogen-bond acceptors (Lipinski definition) is 3. The van der Waals surface area contributed by atoms with Crippen LogP contribution in [0.15, 0.2) is 17.0 Å². The number of nitrogens with zero attached hydrogens (tertiary/aromatic N) is 1. The number of benzene rings is 1. The lowest BCUT2D eigenvalue weighted by Gasteiger charge is -2.26. The maximum atomic E-state index is 13.0. The molecule has 2 N–H and O–H groups in total. The molecule has 0 atom stereocenters. The van der Waals surface area contributed by atoms with E-state index in [2.05, 4.69) is 13.8 Å². The van der Waals surface area contributed by atoms with Gasteiger partial charge < -0.3 is 5.73 Å². The van der Waals surface area contributed by atoms with Gasteiger partial charge in [-0.3, -0.25) is 0 Å². The Morgan fingerprint density at radius 2 is 1.71 bits per heavy atom. The van der Waals surface area contributed by atoms with Gasteiger partial charge in [0, 0.05) is 13.1 Å². The van der Waals surface area contributed by atoms with Gasteiger partial charge in [-0.1, -0.05) is 39.7 Å². The van der Waals surface area contributed by atoms with Crippen LogP contribution in [0.4, 0.5) is 5.69 Å². The summed E-state index contributed by atoms with van der Waals surface area (Å²) in [6, 6.07) is 3.54. The second kappa shape index (κ2) is 7.27. The van der Waals surface area contributed by atoms with E-state index in [9.17, 15) is 8.42 Å².